The summed E-state index contributed by atoms with van der Waals surface area (Å²) in [4.78, 5) is 28.6. The fourth-order valence-corrected chi connectivity index (χ4v) is 2.86. The number of aromatic nitrogens is 2. The summed E-state index contributed by atoms with van der Waals surface area (Å²) in [7, 11) is 0. The molecule has 1 saturated heterocycles. The van der Waals surface area contributed by atoms with Crippen molar-refractivity contribution in [3.05, 3.63) is 46.7 Å². The molecule has 0 saturated carbocycles. The van der Waals surface area contributed by atoms with E-state index in [0.717, 1.165) is 11.1 Å². The van der Waals surface area contributed by atoms with Crippen LogP contribution in [-0.4, -0.2) is 58.0 Å². The number of hydrogen-bond donors (Lipinski definition) is 0. The SMILES string of the molecule is Cc1ccc(C(=O)N2CCN(C(=O)c3nnc(C(C)C)o3)CC2)cc1C. The van der Waals surface area contributed by atoms with E-state index in [4.69, 9.17) is 4.42 Å². The molecule has 7 heteroatoms. The summed E-state index contributed by atoms with van der Waals surface area (Å²) >= 11 is 0. The van der Waals surface area contributed by atoms with E-state index >= 15 is 0 Å². The molecule has 0 bridgehead atoms. The van der Waals surface area contributed by atoms with Gasteiger partial charge >= 0.3 is 11.8 Å². The molecule has 7 nitrogen and oxygen atoms in total. The molecule has 2 aromatic rings. The Morgan fingerprint density at radius 1 is 0.962 bits per heavy atom. The van der Waals surface area contributed by atoms with Crippen LogP contribution in [0.5, 0.6) is 0 Å². The molecule has 138 valence electrons. The molecule has 2 amide bonds. The van der Waals surface area contributed by atoms with Gasteiger partial charge in [0, 0.05) is 37.7 Å². The number of rotatable bonds is 3. The van der Waals surface area contributed by atoms with Gasteiger partial charge in [-0.05, 0) is 37.1 Å². The number of amides is 2. The summed E-state index contributed by atoms with van der Waals surface area (Å²) in [6, 6.07) is 5.74. The van der Waals surface area contributed by atoms with Crippen LogP contribution < -0.4 is 0 Å². The Bertz CT molecular complexity index is 820. The molecule has 0 unspecified atom stereocenters. The predicted octanol–water partition coefficient (Wildman–Crippen LogP) is 2.41. The third-order valence-corrected chi connectivity index (χ3v) is 4.73. The maximum absolute atomic E-state index is 12.7. The lowest BCUT2D eigenvalue weighted by Gasteiger charge is -2.34. The van der Waals surface area contributed by atoms with Crippen LogP contribution in [0, 0.1) is 13.8 Å². The molecule has 26 heavy (non-hydrogen) atoms. The van der Waals surface area contributed by atoms with Crippen molar-refractivity contribution < 1.29 is 14.0 Å². The molecule has 0 atom stereocenters. The molecule has 0 spiro atoms. The first-order valence-electron chi connectivity index (χ1n) is 8.86. The standard InChI is InChI=1S/C19H24N4O3/c1-12(2)16-20-21-17(26-16)19(25)23-9-7-22(8-10-23)18(24)15-6-5-13(3)14(4)11-15/h5-6,11-12H,7-10H2,1-4H3. The smallest absolute Gasteiger partial charge is 0.311 e. The summed E-state index contributed by atoms with van der Waals surface area (Å²) in [6.07, 6.45) is 0. The van der Waals surface area contributed by atoms with Gasteiger partial charge in [-0.15, -0.1) is 10.2 Å². The zero-order chi connectivity index (χ0) is 18.8. The maximum atomic E-state index is 12.7. The summed E-state index contributed by atoms with van der Waals surface area (Å²) in [5, 5.41) is 7.74. The van der Waals surface area contributed by atoms with Crippen molar-refractivity contribution in [2.75, 3.05) is 26.2 Å². The summed E-state index contributed by atoms with van der Waals surface area (Å²) in [5.41, 5.74) is 2.95. The van der Waals surface area contributed by atoms with Crippen molar-refractivity contribution in [2.45, 2.75) is 33.6 Å². The molecule has 1 aliphatic rings. The van der Waals surface area contributed by atoms with E-state index < -0.39 is 0 Å². The number of piperazine rings is 1. The van der Waals surface area contributed by atoms with Gasteiger partial charge in [-0.1, -0.05) is 19.9 Å². The monoisotopic (exact) mass is 356 g/mol. The van der Waals surface area contributed by atoms with Crippen LogP contribution in [0.4, 0.5) is 0 Å². The molecule has 0 aliphatic carbocycles. The van der Waals surface area contributed by atoms with Crippen LogP contribution in [0.15, 0.2) is 22.6 Å². The van der Waals surface area contributed by atoms with Crippen LogP contribution in [0.2, 0.25) is 0 Å². The van der Waals surface area contributed by atoms with E-state index in [1.54, 1.807) is 9.80 Å². The van der Waals surface area contributed by atoms with E-state index in [9.17, 15) is 9.59 Å². The van der Waals surface area contributed by atoms with Crippen molar-refractivity contribution >= 4 is 11.8 Å². The molecular weight excluding hydrogens is 332 g/mol. The second-order valence-electron chi connectivity index (χ2n) is 6.98. The first-order chi connectivity index (χ1) is 12.4. The first kappa shape index (κ1) is 18.1. The van der Waals surface area contributed by atoms with E-state index in [2.05, 4.69) is 10.2 Å². The third kappa shape index (κ3) is 3.61. The number of hydrogen-bond acceptors (Lipinski definition) is 5. The number of benzene rings is 1. The molecular formula is C19H24N4O3. The molecule has 1 aromatic carbocycles. The van der Waals surface area contributed by atoms with Crippen molar-refractivity contribution in [2.24, 2.45) is 0 Å². The van der Waals surface area contributed by atoms with E-state index in [-0.39, 0.29) is 23.6 Å². The van der Waals surface area contributed by atoms with Gasteiger partial charge in [-0.25, -0.2) is 0 Å². The fraction of sp³-hybridized carbons (Fsp3) is 0.474. The molecule has 1 fully saturated rings. The maximum Gasteiger partial charge on any atom is 0.311 e. The Morgan fingerprint density at radius 3 is 2.12 bits per heavy atom. The van der Waals surface area contributed by atoms with Crippen LogP contribution >= 0.6 is 0 Å². The highest BCUT2D eigenvalue weighted by atomic mass is 16.4. The lowest BCUT2D eigenvalue weighted by Crippen LogP contribution is -2.50. The molecule has 2 heterocycles. The highest BCUT2D eigenvalue weighted by molar-refractivity contribution is 5.95. The number of carbonyl (C=O) groups excluding carboxylic acids is 2. The molecule has 1 aromatic heterocycles. The largest absolute Gasteiger partial charge is 0.417 e. The highest BCUT2D eigenvalue weighted by Gasteiger charge is 2.28. The van der Waals surface area contributed by atoms with Gasteiger partial charge in [0.05, 0.1) is 0 Å². The lowest BCUT2D eigenvalue weighted by molar-refractivity contribution is 0.0512. The van der Waals surface area contributed by atoms with Crippen molar-refractivity contribution in [3.8, 4) is 0 Å². The Morgan fingerprint density at radius 2 is 1.58 bits per heavy atom. The van der Waals surface area contributed by atoms with Gasteiger partial charge in [0.25, 0.3) is 5.91 Å². The quantitative estimate of drug-likeness (QED) is 0.844. The van der Waals surface area contributed by atoms with Crippen molar-refractivity contribution in [1.29, 1.82) is 0 Å². The van der Waals surface area contributed by atoms with Gasteiger partial charge in [0.15, 0.2) is 0 Å². The number of carbonyl (C=O) groups is 2. The predicted molar refractivity (Wildman–Crippen MR) is 96.1 cm³/mol. The van der Waals surface area contributed by atoms with E-state index in [1.807, 2.05) is 45.9 Å². The van der Waals surface area contributed by atoms with Crippen LogP contribution in [-0.2, 0) is 0 Å². The Kier molecular flexibility index (Phi) is 5.06. The Hall–Kier alpha value is -2.70. The average Bonchev–Trinajstić information content (AvgIpc) is 3.13. The Balaban J connectivity index is 1.62. The molecule has 0 radical (unpaired) electrons. The normalized spacial score (nSPS) is 14.8. The van der Waals surface area contributed by atoms with E-state index in [1.165, 1.54) is 0 Å². The summed E-state index contributed by atoms with van der Waals surface area (Å²) in [6.45, 7) is 9.77. The van der Waals surface area contributed by atoms with Gasteiger partial charge in [0.1, 0.15) is 0 Å². The molecule has 1 aliphatic heterocycles. The van der Waals surface area contributed by atoms with Crippen LogP contribution in [0.25, 0.3) is 0 Å². The fourth-order valence-electron chi connectivity index (χ4n) is 2.86. The topological polar surface area (TPSA) is 79.5 Å². The highest BCUT2D eigenvalue weighted by Crippen LogP contribution is 2.16. The van der Waals surface area contributed by atoms with E-state index in [0.29, 0.717) is 37.6 Å². The minimum Gasteiger partial charge on any atom is -0.417 e. The summed E-state index contributed by atoms with van der Waals surface area (Å²) in [5.74, 6) is 0.277. The third-order valence-electron chi connectivity index (χ3n) is 4.73. The zero-order valence-electron chi connectivity index (χ0n) is 15.7. The van der Waals surface area contributed by atoms with Crippen LogP contribution in [0.3, 0.4) is 0 Å². The second kappa shape index (κ2) is 7.27. The minimum atomic E-state index is -0.275. The van der Waals surface area contributed by atoms with Crippen LogP contribution in [0.1, 0.15) is 57.8 Å². The number of aryl methyl sites for hydroxylation is 2. The number of nitrogens with zero attached hydrogens (tertiary/aromatic N) is 4. The van der Waals surface area contributed by atoms with Gasteiger partial charge < -0.3 is 14.2 Å². The second-order valence-corrected chi connectivity index (χ2v) is 6.98. The zero-order valence-corrected chi connectivity index (χ0v) is 15.7. The van der Waals surface area contributed by atoms with Gasteiger partial charge in [-0.3, -0.25) is 9.59 Å². The van der Waals surface area contributed by atoms with Gasteiger partial charge in [0.2, 0.25) is 5.89 Å². The first-order valence-corrected chi connectivity index (χ1v) is 8.86. The van der Waals surface area contributed by atoms with Crippen molar-refractivity contribution in [1.82, 2.24) is 20.0 Å². The Labute approximate surface area is 153 Å². The lowest BCUT2D eigenvalue weighted by atomic mass is 10.1. The summed E-state index contributed by atoms with van der Waals surface area (Å²) < 4.78 is 5.43. The van der Waals surface area contributed by atoms with Gasteiger partial charge in [-0.2, -0.15) is 0 Å². The molecule has 0 N–H and O–H groups in total. The van der Waals surface area contributed by atoms with Crippen molar-refractivity contribution in [3.63, 3.8) is 0 Å². The minimum absolute atomic E-state index is 0.0000771. The molecule has 3 rings (SSSR count). The average molecular weight is 356 g/mol.